The van der Waals surface area contributed by atoms with Crippen LogP contribution in [0, 0.1) is 0 Å². The van der Waals surface area contributed by atoms with Crippen molar-refractivity contribution in [2.24, 2.45) is 0 Å². The van der Waals surface area contributed by atoms with Crippen LogP contribution in [0.25, 0.3) is 11.3 Å². The predicted octanol–water partition coefficient (Wildman–Crippen LogP) is 1.70. The van der Waals surface area contributed by atoms with Crippen molar-refractivity contribution in [3.63, 3.8) is 0 Å². The summed E-state index contributed by atoms with van der Waals surface area (Å²) in [5.74, 6) is -0.0236. The number of carbonyl (C=O) groups is 1. The molecule has 0 unspecified atom stereocenters. The molecule has 4 heterocycles. The number of aromatic amines is 1. The van der Waals surface area contributed by atoms with Crippen molar-refractivity contribution in [3.05, 3.63) is 42.4 Å². The molecule has 5 nitrogen and oxygen atoms in total. The summed E-state index contributed by atoms with van der Waals surface area (Å²) in [5.41, 5.74) is 2.51. The second-order valence-electron chi connectivity index (χ2n) is 5.89. The standard InChI is InChI=1S/C16H18N4O/c21-16(20-15-8-11-3-4-13(15)18-11)14-6-5-12(19-14)10-2-1-7-17-9-10/h1-2,5-7,9,11,13,15,18-19H,3-4,8H2,(H,20,21)/t11-,13+,15-/m1/s1. The molecule has 3 N–H and O–H groups in total. The van der Waals surface area contributed by atoms with Crippen LogP contribution in [-0.4, -0.2) is 34.0 Å². The number of rotatable bonds is 3. The van der Waals surface area contributed by atoms with E-state index >= 15 is 0 Å². The number of hydrogen-bond acceptors (Lipinski definition) is 3. The Kier molecular flexibility index (Phi) is 3.00. The van der Waals surface area contributed by atoms with Gasteiger partial charge in [-0.25, -0.2) is 0 Å². The Morgan fingerprint density at radius 1 is 1.29 bits per heavy atom. The highest BCUT2D eigenvalue weighted by Gasteiger charge is 2.39. The van der Waals surface area contributed by atoms with Crippen LogP contribution in [0.1, 0.15) is 29.8 Å². The topological polar surface area (TPSA) is 69.8 Å². The van der Waals surface area contributed by atoms with Crippen LogP contribution in [0.15, 0.2) is 36.7 Å². The van der Waals surface area contributed by atoms with Crippen LogP contribution >= 0.6 is 0 Å². The van der Waals surface area contributed by atoms with E-state index in [1.54, 1.807) is 12.4 Å². The maximum atomic E-state index is 12.3. The SMILES string of the molecule is O=C(N[C@@H]1C[C@H]2CC[C@@H]1N2)c1ccc(-c2cccnc2)[nH]1. The maximum absolute atomic E-state index is 12.3. The summed E-state index contributed by atoms with van der Waals surface area (Å²) in [4.78, 5) is 19.6. The van der Waals surface area contributed by atoms with Crippen molar-refractivity contribution in [3.8, 4) is 11.3 Å². The zero-order valence-corrected chi connectivity index (χ0v) is 11.7. The van der Waals surface area contributed by atoms with E-state index in [1.807, 2.05) is 24.3 Å². The summed E-state index contributed by atoms with van der Waals surface area (Å²) in [5, 5.41) is 6.68. The molecule has 108 valence electrons. The van der Waals surface area contributed by atoms with Crippen molar-refractivity contribution >= 4 is 5.91 Å². The van der Waals surface area contributed by atoms with Gasteiger partial charge in [0.05, 0.1) is 0 Å². The number of aromatic nitrogens is 2. The van der Waals surface area contributed by atoms with E-state index in [4.69, 9.17) is 0 Å². The molecule has 0 aliphatic carbocycles. The Morgan fingerprint density at radius 3 is 2.95 bits per heavy atom. The third-order valence-corrected chi connectivity index (χ3v) is 4.52. The molecule has 2 aliphatic heterocycles. The summed E-state index contributed by atoms with van der Waals surface area (Å²) in [6.07, 6.45) is 6.98. The van der Waals surface area contributed by atoms with Gasteiger partial charge in [-0.3, -0.25) is 9.78 Å². The van der Waals surface area contributed by atoms with E-state index in [0.29, 0.717) is 17.8 Å². The van der Waals surface area contributed by atoms with Gasteiger partial charge in [-0.15, -0.1) is 0 Å². The number of carbonyl (C=O) groups excluding carboxylic acids is 1. The highest BCUT2D eigenvalue weighted by molar-refractivity contribution is 5.93. The van der Waals surface area contributed by atoms with Crippen molar-refractivity contribution in [2.75, 3.05) is 0 Å². The highest BCUT2D eigenvalue weighted by Crippen LogP contribution is 2.28. The number of fused-ring (bicyclic) bond motifs is 2. The largest absolute Gasteiger partial charge is 0.351 e. The van der Waals surface area contributed by atoms with Crippen LogP contribution in [0.4, 0.5) is 0 Å². The van der Waals surface area contributed by atoms with Crippen molar-refractivity contribution in [1.29, 1.82) is 0 Å². The fraction of sp³-hybridized carbons (Fsp3) is 0.375. The minimum atomic E-state index is -0.0236. The molecule has 2 fully saturated rings. The average molecular weight is 282 g/mol. The van der Waals surface area contributed by atoms with Gasteiger partial charge in [0.1, 0.15) is 5.69 Å². The number of nitrogens with one attached hydrogen (secondary N) is 3. The van der Waals surface area contributed by atoms with E-state index < -0.39 is 0 Å². The molecule has 5 heteroatoms. The quantitative estimate of drug-likeness (QED) is 0.802. The fourth-order valence-corrected chi connectivity index (χ4v) is 3.45. The molecule has 2 bridgehead atoms. The molecule has 3 atom stereocenters. The second kappa shape index (κ2) is 5.00. The third-order valence-electron chi connectivity index (χ3n) is 4.52. The van der Waals surface area contributed by atoms with Crippen LogP contribution in [0.5, 0.6) is 0 Å². The van der Waals surface area contributed by atoms with Gasteiger partial charge in [0, 0.05) is 41.8 Å². The zero-order valence-electron chi connectivity index (χ0n) is 11.7. The Balaban J connectivity index is 1.47. The maximum Gasteiger partial charge on any atom is 0.267 e. The molecule has 2 aromatic rings. The van der Waals surface area contributed by atoms with E-state index in [2.05, 4.69) is 20.6 Å². The molecule has 2 aliphatic rings. The summed E-state index contributed by atoms with van der Waals surface area (Å²) in [6, 6.07) is 8.92. The van der Waals surface area contributed by atoms with Crippen molar-refractivity contribution < 1.29 is 4.79 Å². The fourth-order valence-electron chi connectivity index (χ4n) is 3.45. The summed E-state index contributed by atoms with van der Waals surface area (Å²) < 4.78 is 0. The predicted molar refractivity (Wildman–Crippen MR) is 79.8 cm³/mol. The average Bonchev–Trinajstić information content (AvgIpc) is 3.24. The van der Waals surface area contributed by atoms with Gasteiger partial charge in [0.2, 0.25) is 0 Å². The number of pyridine rings is 1. The lowest BCUT2D eigenvalue weighted by atomic mass is 9.95. The molecular weight excluding hydrogens is 264 g/mol. The summed E-state index contributed by atoms with van der Waals surface area (Å²) >= 11 is 0. The molecule has 21 heavy (non-hydrogen) atoms. The minimum Gasteiger partial charge on any atom is -0.351 e. The molecule has 0 aromatic carbocycles. The molecule has 0 radical (unpaired) electrons. The van der Waals surface area contributed by atoms with Crippen LogP contribution < -0.4 is 10.6 Å². The van der Waals surface area contributed by atoms with E-state index in [-0.39, 0.29) is 11.9 Å². The molecule has 0 spiro atoms. The van der Waals surface area contributed by atoms with Gasteiger partial charge < -0.3 is 15.6 Å². The van der Waals surface area contributed by atoms with Crippen LogP contribution in [-0.2, 0) is 0 Å². The van der Waals surface area contributed by atoms with Crippen LogP contribution in [0.2, 0.25) is 0 Å². The zero-order chi connectivity index (χ0) is 14.2. The first kappa shape index (κ1) is 12.6. The minimum absolute atomic E-state index is 0.0236. The van der Waals surface area contributed by atoms with Gasteiger partial charge in [-0.05, 0) is 43.5 Å². The molecule has 1 amide bonds. The van der Waals surface area contributed by atoms with E-state index in [1.165, 1.54) is 12.8 Å². The highest BCUT2D eigenvalue weighted by atomic mass is 16.2. The van der Waals surface area contributed by atoms with Gasteiger partial charge in [-0.2, -0.15) is 0 Å². The second-order valence-corrected chi connectivity index (χ2v) is 5.89. The first-order valence-electron chi connectivity index (χ1n) is 7.46. The Labute approximate surface area is 123 Å². The molecule has 0 saturated carbocycles. The molecule has 4 rings (SSSR count). The first-order valence-corrected chi connectivity index (χ1v) is 7.46. The Morgan fingerprint density at radius 2 is 2.24 bits per heavy atom. The summed E-state index contributed by atoms with van der Waals surface area (Å²) in [6.45, 7) is 0. The molecule has 2 aromatic heterocycles. The number of hydrogen-bond donors (Lipinski definition) is 3. The smallest absolute Gasteiger partial charge is 0.267 e. The summed E-state index contributed by atoms with van der Waals surface area (Å²) in [7, 11) is 0. The van der Waals surface area contributed by atoms with E-state index in [9.17, 15) is 4.79 Å². The van der Waals surface area contributed by atoms with Gasteiger partial charge in [0.15, 0.2) is 0 Å². The Hall–Kier alpha value is -2.14. The van der Waals surface area contributed by atoms with Crippen molar-refractivity contribution in [2.45, 2.75) is 37.4 Å². The van der Waals surface area contributed by atoms with Crippen molar-refractivity contribution in [1.82, 2.24) is 20.6 Å². The number of nitrogens with zero attached hydrogens (tertiary/aromatic N) is 1. The number of amides is 1. The monoisotopic (exact) mass is 282 g/mol. The third kappa shape index (κ3) is 2.34. The van der Waals surface area contributed by atoms with Gasteiger partial charge >= 0.3 is 0 Å². The van der Waals surface area contributed by atoms with E-state index in [0.717, 1.165) is 17.7 Å². The Bertz CT molecular complexity index is 651. The normalized spacial score (nSPS) is 27.0. The first-order chi connectivity index (χ1) is 10.3. The lowest BCUT2D eigenvalue weighted by Crippen LogP contribution is -2.43. The number of H-pyrrole nitrogens is 1. The van der Waals surface area contributed by atoms with Gasteiger partial charge in [-0.1, -0.05) is 0 Å². The van der Waals surface area contributed by atoms with Gasteiger partial charge in [0.25, 0.3) is 5.91 Å². The van der Waals surface area contributed by atoms with Crippen LogP contribution in [0.3, 0.4) is 0 Å². The molecular formula is C16H18N4O. The molecule has 2 saturated heterocycles. The lowest BCUT2D eigenvalue weighted by molar-refractivity contribution is 0.0926. The lowest BCUT2D eigenvalue weighted by Gasteiger charge is -2.21.